The zero-order valence-electron chi connectivity index (χ0n) is 21.6. The van der Waals surface area contributed by atoms with Crippen molar-refractivity contribution in [1.82, 2.24) is 0 Å². The van der Waals surface area contributed by atoms with Crippen molar-refractivity contribution in [2.75, 3.05) is 0 Å². The maximum atomic E-state index is 10.8. The summed E-state index contributed by atoms with van der Waals surface area (Å²) in [6.07, 6.45) is 7.10. The standard InChI is InChI=1S/C30H40O4/c1-18(2)11-12-23-21(16-28(33)29-24(23)13-14-30(6,7)34-29)9-8-10-22-15-25(20(5)19(3)4)27(32)17-26(22)31/h11,15-17,20,31-33H,3,8-10,12-14H2,1-2,4-7H3. The number of hydrogen-bond acceptors (Lipinski definition) is 4. The highest BCUT2D eigenvalue weighted by Crippen LogP contribution is 2.43. The number of phenolic OH excluding ortho intramolecular Hbond substituents is 3. The monoisotopic (exact) mass is 464 g/mol. The fraction of sp³-hybridized carbons (Fsp3) is 0.467. The van der Waals surface area contributed by atoms with Crippen LogP contribution in [0, 0.1) is 0 Å². The average Bonchev–Trinajstić information content (AvgIpc) is 2.74. The number of benzene rings is 2. The lowest BCUT2D eigenvalue weighted by Crippen LogP contribution is -2.33. The van der Waals surface area contributed by atoms with Crippen LogP contribution in [0.25, 0.3) is 0 Å². The Bertz CT molecular complexity index is 1100. The van der Waals surface area contributed by atoms with E-state index in [1.807, 2.05) is 26.0 Å². The summed E-state index contributed by atoms with van der Waals surface area (Å²) in [5, 5.41) is 31.5. The van der Waals surface area contributed by atoms with E-state index in [2.05, 4.69) is 40.3 Å². The Morgan fingerprint density at radius 2 is 1.71 bits per heavy atom. The van der Waals surface area contributed by atoms with Crippen LogP contribution in [0.15, 0.2) is 42.0 Å². The molecule has 34 heavy (non-hydrogen) atoms. The van der Waals surface area contributed by atoms with E-state index in [0.29, 0.717) is 12.2 Å². The van der Waals surface area contributed by atoms with Crippen molar-refractivity contribution in [3.63, 3.8) is 0 Å². The SMILES string of the molecule is C=C(C)C(C)c1cc(CCCc2cc(O)c3c(c2CC=C(C)C)CCC(C)(C)O3)c(O)cc1O. The van der Waals surface area contributed by atoms with Gasteiger partial charge in [0.15, 0.2) is 11.5 Å². The Morgan fingerprint density at radius 1 is 1.03 bits per heavy atom. The lowest BCUT2D eigenvalue weighted by atomic mass is 9.86. The van der Waals surface area contributed by atoms with Crippen LogP contribution >= 0.6 is 0 Å². The molecule has 0 spiro atoms. The second-order valence-electron chi connectivity index (χ2n) is 10.6. The summed E-state index contributed by atoms with van der Waals surface area (Å²) in [6, 6.07) is 5.20. The smallest absolute Gasteiger partial charge is 0.165 e. The minimum absolute atomic E-state index is 0.0110. The molecule has 3 N–H and O–H groups in total. The maximum absolute atomic E-state index is 10.8. The van der Waals surface area contributed by atoms with E-state index in [0.717, 1.165) is 59.9 Å². The van der Waals surface area contributed by atoms with Gasteiger partial charge < -0.3 is 20.1 Å². The molecule has 3 rings (SSSR count). The Labute approximate surface area is 204 Å². The summed E-state index contributed by atoms with van der Waals surface area (Å²) < 4.78 is 6.17. The molecule has 0 saturated carbocycles. The van der Waals surface area contributed by atoms with Crippen molar-refractivity contribution in [2.24, 2.45) is 0 Å². The first-order valence-electron chi connectivity index (χ1n) is 12.3. The zero-order valence-corrected chi connectivity index (χ0v) is 21.6. The van der Waals surface area contributed by atoms with E-state index in [1.165, 1.54) is 17.2 Å². The third kappa shape index (κ3) is 5.78. The van der Waals surface area contributed by atoms with E-state index in [9.17, 15) is 15.3 Å². The fourth-order valence-corrected chi connectivity index (χ4v) is 4.64. The van der Waals surface area contributed by atoms with E-state index in [-0.39, 0.29) is 28.8 Å². The van der Waals surface area contributed by atoms with Gasteiger partial charge in [0.2, 0.25) is 0 Å². The maximum Gasteiger partial charge on any atom is 0.165 e. The molecule has 4 heteroatoms. The highest BCUT2D eigenvalue weighted by Gasteiger charge is 2.31. The molecule has 1 aliphatic heterocycles. The van der Waals surface area contributed by atoms with Gasteiger partial charge in [0.05, 0.1) is 0 Å². The number of phenols is 3. The summed E-state index contributed by atoms with van der Waals surface area (Å²) in [6.45, 7) is 16.3. The molecule has 0 bridgehead atoms. The van der Waals surface area contributed by atoms with Gasteiger partial charge >= 0.3 is 0 Å². The molecule has 1 heterocycles. The number of allylic oxidation sites excluding steroid dienone is 3. The molecule has 4 nitrogen and oxygen atoms in total. The first-order valence-corrected chi connectivity index (χ1v) is 12.3. The molecular formula is C30H40O4. The van der Waals surface area contributed by atoms with Crippen LogP contribution < -0.4 is 4.74 Å². The van der Waals surface area contributed by atoms with E-state index in [4.69, 9.17) is 4.74 Å². The van der Waals surface area contributed by atoms with Gasteiger partial charge in [-0.15, -0.1) is 0 Å². The molecule has 184 valence electrons. The molecule has 0 fully saturated rings. The number of fused-ring (bicyclic) bond motifs is 1. The predicted octanol–water partition coefficient (Wildman–Crippen LogP) is 7.27. The second kappa shape index (κ2) is 10.2. The third-order valence-corrected chi connectivity index (χ3v) is 6.97. The summed E-state index contributed by atoms with van der Waals surface area (Å²) in [5.74, 6) is 1.07. The molecule has 2 aromatic carbocycles. The number of aromatic hydroxyl groups is 3. The minimum Gasteiger partial charge on any atom is -0.508 e. The van der Waals surface area contributed by atoms with Gasteiger partial charge in [0.25, 0.3) is 0 Å². The number of hydrogen-bond donors (Lipinski definition) is 3. The first-order chi connectivity index (χ1) is 15.9. The summed E-state index contributed by atoms with van der Waals surface area (Å²) in [5.41, 5.74) is 7.05. The Kier molecular flexibility index (Phi) is 7.70. The molecule has 0 aromatic heterocycles. The quantitative estimate of drug-likeness (QED) is 0.359. The van der Waals surface area contributed by atoms with Crippen molar-refractivity contribution in [2.45, 2.75) is 91.6 Å². The highest BCUT2D eigenvalue weighted by molar-refractivity contribution is 5.56. The normalized spacial score (nSPS) is 15.2. The van der Waals surface area contributed by atoms with Crippen molar-refractivity contribution in [3.05, 3.63) is 69.8 Å². The van der Waals surface area contributed by atoms with Crippen LogP contribution in [0.5, 0.6) is 23.0 Å². The minimum atomic E-state index is -0.283. The van der Waals surface area contributed by atoms with Gasteiger partial charge in [0.1, 0.15) is 17.1 Å². The van der Waals surface area contributed by atoms with Crippen molar-refractivity contribution < 1.29 is 20.1 Å². The summed E-state index contributed by atoms with van der Waals surface area (Å²) >= 11 is 0. The molecule has 1 unspecified atom stereocenters. The van der Waals surface area contributed by atoms with Crippen LogP contribution in [0.1, 0.15) is 88.1 Å². The van der Waals surface area contributed by atoms with Crippen molar-refractivity contribution in [3.8, 4) is 23.0 Å². The van der Waals surface area contributed by atoms with Gasteiger partial charge in [-0.25, -0.2) is 0 Å². The van der Waals surface area contributed by atoms with Crippen LogP contribution in [0.2, 0.25) is 0 Å². The average molecular weight is 465 g/mol. The third-order valence-electron chi connectivity index (χ3n) is 6.97. The summed E-state index contributed by atoms with van der Waals surface area (Å²) in [7, 11) is 0. The Morgan fingerprint density at radius 3 is 2.35 bits per heavy atom. The molecular weight excluding hydrogens is 424 g/mol. The van der Waals surface area contributed by atoms with Crippen LogP contribution in [-0.4, -0.2) is 20.9 Å². The molecule has 1 aliphatic rings. The van der Waals surface area contributed by atoms with Crippen LogP contribution in [-0.2, 0) is 25.7 Å². The second-order valence-corrected chi connectivity index (χ2v) is 10.6. The fourth-order valence-electron chi connectivity index (χ4n) is 4.64. The number of ether oxygens (including phenoxy) is 1. The van der Waals surface area contributed by atoms with Gasteiger partial charge in [0, 0.05) is 23.1 Å². The van der Waals surface area contributed by atoms with Gasteiger partial charge in [-0.05, 0) is 102 Å². The number of rotatable bonds is 8. The molecule has 1 atom stereocenters. The van der Waals surface area contributed by atoms with Gasteiger partial charge in [-0.2, -0.15) is 0 Å². The van der Waals surface area contributed by atoms with Crippen LogP contribution in [0.4, 0.5) is 0 Å². The first kappa shape index (κ1) is 25.7. The molecule has 0 radical (unpaired) electrons. The highest BCUT2D eigenvalue weighted by atomic mass is 16.5. The van der Waals surface area contributed by atoms with E-state index < -0.39 is 0 Å². The van der Waals surface area contributed by atoms with Crippen molar-refractivity contribution in [1.29, 1.82) is 0 Å². The lowest BCUT2D eigenvalue weighted by Gasteiger charge is -2.34. The van der Waals surface area contributed by atoms with Gasteiger partial charge in [-0.1, -0.05) is 30.7 Å². The summed E-state index contributed by atoms with van der Waals surface area (Å²) in [4.78, 5) is 0. The molecule has 0 saturated heterocycles. The topological polar surface area (TPSA) is 69.9 Å². The van der Waals surface area contributed by atoms with Crippen LogP contribution in [0.3, 0.4) is 0 Å². The molecule has 0 amide bonds. The molecule has 2 aromatic rings. The van der Waals surface area contributed by atoms with E-state index >= 15 is 0 Å². The van der Waals surface area contributed by atoms with Gasteiger partial charge in [-0.3, -0.25) is 0 Å². The number of aryl methyl sites for hydroxylation is 2. The Hall–Kier alpha value is -2.88. The molecule has 0 aliphatic carbocycles. The largest absolute Gasteiger partial charge is 0.508 e. The predicted molar refractivity (Wildman–Crippen MR) is 139 cm³/mol. The lowest BCUT2D eigenvalue weighted by molar-refractivity contribution is 0.0802. The van der Waals surface area contributed by atoms with Crippen molar-refractivity contribution >= 4 is 0 Å². The zero-order chi connectivity index (χ0) is 25.2. The van der Waals surface area contributed by atoms with E-state index in [1.54, 1.807) is 0 Å². The Balaban J connectivity index is 1.88.